The molecule has 1 heterocycles. The van der Waals surface area contributed by atoms with E-state index < -0.39 is 0 Å². The largest absolute Gasteiger partial charge is 0.399 e. The molecular formula is C14H14ClN3O. The summed E-state index contributed by atoms with van der Waals surface area (Å²) in [5.74, 6) is -0.136. The van der Waals surface area contributed by atoms with Crippen LogP contribution in [0.25, 0.3) is 0 Å². The fourth-order valence-electron chi connectivity index (χ4n) is 1.68. The van der Waals surface area contributed by atoms with Crippen molar-refractivity contribution in [2.45, 2.75) is 13.3 Å². The first-order valence-electron chi connectivity index (χ1n) is 5.81. The highest BCUT2D eigenvalue weighted by Gasteiger charge is 2.09. The maximum atomic E-state index is 11.9. The molecule has 98 valence electrons. The molecule has 0 atom stereocenters. The molecule has 2 aromatic rings. The molecule has 0 radical (unpaired) electrons. The Morgan fingerprint density at radius 3 is 2.63 bits per heavy atom. The fraction of sp³-hybridized carbons (Fsp3) is 0.143. The van der Waals surface area contributed by atoms with Gasteiger partial charge in [-0.3, -0.25) is 4.79 Å². The van der Waals surface area contributed by atoms with Gasteiger partial charge < -0.3 is 11.1 Å². The Kier molecular flexibility index (Phi) is 4.02. The first-order chi connectivity index (χ1) is 9.06. The van der Waals surface area contributed by atoms with E-state index in [9.17, 15) is 4.79 Å². The number of pyridine rings is 1. The maximum absolute atomic E-state index is 11.9. The molecular weight excluding hydrogens is 262 g/mol. The highest BCUT2D eigenvalue weighted by Crippen LogP contribution is 2.22. The number of nitrogens with two attached hydrogens (primary N) is 1. The first kappa shape index (κ1) is 13.4. The second-order valence-corrected chi connectivity index (χ2v) is 4.62. The van der Waals surface area contributed by atoms with Crippen molar-refractivity contribution in [1.82, 2.24) is 4.98 Å². The van der Waals surface area contributed by atoms with Gasteiger partial charge >= 0.3 is 0 Å². The van der Waals surface area contributed by atoms with Crippen LogP contribution in [-0.4, -0.2) is 10.9 Å². The van der Waals surface area contributed by atoms with Crippen LogP contribution in [0.3, 0.4) is 0 Å². The molecule has 1 aromatic heterocycles. The average Bonchev–Trinajstić information content (AvgIpc) is 2.37. The molecule has 0 bridgehead atoms. The molecule has 0 aliphatic heterocycles. The maximum Gasteiger partial charge on any atom is 0.228 e. The van der Waals surface area contributed by atoms with Crippen LogP contribution in [0.1, 0.15) is 11.1 Å². The van der Waals surface area contributed by atoms with E-state index in [0.29, 0.717) is 16.5 Å². The van der Waals surface area contributed by atoms with Crippen LogP contribution in [0.4, 0.5) is 11.4 Å². The van der Waals surface area contributed by atoms with E-state index in [1.165, 1.54) is 0 Å². The molecule has 1 amide bonds. The van der Waals surface area contributed by atoms with Gasteiger partial charge in [0, 0.05) is 11.9 Å². The predicted octanol–water partition coefficient (Wildman–Crippen LogP) is 2.81. The summed E-state index contributed by atoms with van der Waals surface area (Å²) < 4.78 is 0. The molecule has 3 N–H and O–H groups in total. The van der Waals surface area contributed by atoms with E-state index in [4.69, 9.17) is 17.3 Å². The van der Waals surface area contributed by atoms with E-state index in [1.807, 2.05) is 19.1 Å². The van der Waals surface area contributed by atoms with Gasteiger partial charge in [-0.1, -0.05) is 23.7 Å². The summed E-state index contributed by atoms with van der Waals surface area (Å²) in [6.45, 7) is 1.87. The molecule has 5 heteroatoms. The van der Waals surface area contributed by atoms with Crippen LogP contribution in [0.2, 0.25) is 5.15 Å². The molecule has 0 saturated heterocycles. The minimum atomic E-state index is -0.136. The number of aryl methyl sites for hydroxylation is 1. The van der Waals surface area contributed by atoms with E-state index in [-0.39, 0.29) is 12.3 Å². The Morgan fingerprint density at radius 2 is 2.00 bits per heavy atom. The Morgan fingerprint density at radius 1 is 1.32 bits per heavy atom. The van der Waals surface area contributed by atoms with Crippen molar-refractivity contribution in [1.29, 1.82) is 0 Å². The Labute approximate surface area is 116 Å². The first-order valence-corrected chi connectivity index (χ1v) is 6.19. The molecule has 0 aliphatic carbocycles. The van der Waals surface area contributed by atoms with Crippen molar-refractivity contribution in [3.05, 3.63) is 52.8 Å². The van der Waals surface area contributed by atoms with Crippen molar-refractivity contribution >= 4 is 28.9 Å². The predicted molar refractivity (Wildman–Crippen MR) is 77.2 cm³/mol. The van der Waals surface area contributed by atoms with Crippen LogP contribution < -0.4 is 11.1 Å². The van der Waals surface area contributed by atoms with Gasteiger partial charge in [-0.15, -0.1) is 0 Å². The van der Waals surface area contributed by atoms with Crippen LogP contribution in [0.15, 0.2) is 36.5 Å². The number of carbonyl (C=O) groups is 1. The Bertz CT molecular complexity index is 576. The lowest BCUT2D eigenvalue weighted by molar-refractivity contribution is -0.115. The standard InChI is InChI=1S/C14H14ClN3O/c1-9-6-7-17-14(15)13(9)18-12(19)8-10-2-4-11(16)5-3-10/h2-7H,8,16H2,1H3,(H,18,19). The number of hydrogen-bond acceptors (Lipinski definition) is 3. The molecule has 0 fully saturated rings. The quantitative estimate of drug-likeness (QED) is 0.668. The van der Waals surface area contributed by atoms with Crippen molar-refractivity contribution in [3.63, 3.8) is 0 Å². The van der Waals surface area contributed by atoms with Crippen LogP contribution in [0, 0.1) is 6.92 Å². The summed E-state index contributed by atoms with van der Waals surface area (Å²) >= 11 is 5.95. The van der Waals surface area contributed by atoms with Gasteiger partial charge in [0.15, 0.2) is 5.15 Å². The second-order valence-electron chi connectivity index (χ2n) is 4.26. The van der Waals surface area contributed by atoms with Gasteiger partial charge in [-0.05, 0) is 36.2 Å². The van der Waals surface area contributed by atoms with Crippen molar-refractivity contribution in [2.75, 3.05) is 11.1 Å². The van der Waals surface area contributed by atoms with Crippen LogP contribution in [-0.2, 0) is 11.2 Å². The van der Waals surface area contributed by atoms with Crippen LogP contribution in [0.5, 0.6) is 0 Å². The Balaban J connectivity index is 2.07. The third-order valence-electron chi connectivity index (χ3n) is 2.72. The third-order valence-corrected chi connectivity index (χ3v) is 3.01. The topological polar surface area (TPSA) is 68.0 Å². The molecule has 1 aromatic carbocycles. The van der Waals surface area contributed by atoms with Gasteiger partial charge in [0.1, 0.15) is 0 Å². The molecule has 19 heavy (non-hydrogen) atoms. The van der Waals surface area contributed by atoms with Gasteiger partial charge in [-0.25, -0.2) is 4.98 Å². The number of nitrogen functional groups attached to an aromatic ring is 1. The minimum absolute atomic E-state index is 0.136. The van der Waals surface area contributed by atoms with Gasteiger partial charge in [0.25, 0.3) is 0 Å². The zero-order valence-electron chi connectivity index (χ0n) is 10.5. The van der Waals surface area contributed by atoms with E-state index in [2.05, 4.69) is 10.3 Å². The lowest BCUT2D eigenvalue weighted by Crippen LogP contribution is -2.15. The molecule has 0 aliphatic rings. The van der Waals surface area contributed by atoms with E-state index in [0.717, 1.165) is 11.1 Å². The van der Waals surface area contributed by atoms with Crippen molar-refractivity contribution in [3.8, 4) is 0 Å². The lowest BCUT2D eigenvalue weighted by Gasteiger charge is -2.09. The minimum Gasteiger partial charge on any atom is -0.399 e. The van der Waals surface area contributed by atoms with E-state index >= 15 is 0 Å². The zero-order valence-corrected chi connectivity index (χ0v) is 11.2. The number of aromatic nitrogens is 1. The summed E-state index contributed by atoms with van der Waals surface area (Å²) in [7, 11) is 0. The number of nitrogens with one attached hydrogen (secondary N) is 1. The van der Waals surface area contributed by atoms with Gasteiger partial charge in [0.2, 0.25) is 5.91 Å². The summed E-state index contributed by atoms with van der Waals surface area (Å²) in [5, 5.41) is 3.07. The lowest BCUT2D eigenvalue weighted by atomic mass is 10.1. The molecule has 0 saturated carbocycles. The van der Waals surface area contributed by atoms with Gasteiger partial charge in [0.05, 0.1) is 12.1 Å². The van der Waals surface area contributed by atoms with Crippen molar-refractivity contribution in [2.24, 2.45) is 0 Å². The number of carbonyl (C=O) groups excluding carboxylic acids is 1. The number of rotatable bonds is 3. The fourth-order valence-corrected chi connectivity index (χ4v) is 1.93. The highest BCUT2D eigenvalue weighted by molar-refractivity contribution is 6.32. The number of benzene rings is 1. The number of nitrogens with zero attached hydrogens (tertiary/aromatic N) is 1. The smallest absolute Gasteiger partial charge is 0.228 e. The molecule has 0 unspecified atom stereocenters. The highest BCUT2D eigenvalue weighted by atomic mass is 35.5. The Hall–Kier alpha value is -2.07. The van der Waals surface area contributed by atoms with Gasteiger partial charge in [-0.2, -0.15) is 0 Å². The number of anilines is 2. The second kappa shape index (κ2) is 5.71. The monoisotopic (exact) mass is 275 g/mol. The summed E-state index contributed by atoms with van der Waals surface area (Å²) in [4.78, 5) is 15.9. The van der Waals surface area contributed by atoms with Crippen molar-refractivity contribution < 1.29 is 4.79 Å². The molecule has 2 rings (SSSR count). The number of hydrogen-bond donors (Lipinski definition) is 2. The van der Waals surface area contributed by atoms with Crippen LogP contribution >= 0.6 is 11.6 Å². The molecule has 4 nitrogen and oxygen atoms in total. The SMILES string of the molecule is Cc1ccnc(Cl)c1NC(=O)Cc1ccc(N)cc1. The number of halogens is 1. The third kappa shape index (κ3) is 3.45. The van der Waals surface area contributed by atoms with E-state index in [1.54, 1.807) is 24.4 Å². The molecule has 0 spiro atoms. The normalized spacial score (nSPS) is 10.2. The zero-order chi connectivity index (χ0) is 13.8. The summed E-state index contributed by atoms with van der Waals surface area (Å²) in [6, 6.07) is 8.99. The number of amides is 1. The summed E-state index contributed by atoms with van der Waals surface area (Å²) in [6.07, 6.45) is 1.87. The average molecular weight is 276 g/mol. The summed E-state index contributed by atoms with van der Waals surface area (Å²) in [5.41, 5.74) is 8.60.